The molecule has 0 amide bonds. The van der Waals surface area contributed by atoms with Gasteiger partial charge in [-0.1, -0.05) is 0 Å². The van der Waals surface area contributed by atoms with E-state index in [2.05, 4.69) is 30.1 Å². The third-order valence-electron chi connectivity index (χ3n) is 3.12. The van der Waals surface area contributed by atoms with Gasteiger partial charge in [-0.2, -0.15) is 0 Å². The van der Waals surface area contributed by atoms with Crippen molar-refractivity contribution in [3.63, 3.8) is 0 Å². The van der Waals surface area contributed by atoms with Gasteiger partial charge in [0.1, 0.15) is 0 Å². The summed E-state index contributed by atoms with van der Waals surface area (Å²) in [6.07, 6.45) is 0.767. The molecule has 0 atom stereocenters. The SMILES string of the molecule is c1ccc(Cc2nc3ccc4[nH][se]nc4c3n2)cc1. The van der Waals surface area contributed by atoms with E-state index in [0.717, 1.165) is 34.3 Å². The van der Waals surface area contributed by atoms with E-state index in [1.807, 2.05) is 30.3 Å². The maximum absolute atomic E-state index is 4.64. The van der Waals surface area contributed by atoms with Crippen molar-refractivity contribution in [1.82, 2.24) is 17.9 Å². The molecule has 4 nitrogen and oxygen atoms in total. The number of hydrogen-bond acceptors (Lipinski definition) is 3. The Labute approximate surface area is 115 Å². The van der Waals surface area contributed by atoms with E-state index < -0.39 is 0 Å². The van der Waals surface area contributed by atoms with Gasteiger partial charge >= 0.3 is 115 Å². The number of benzene rings is 2. The second-order valence-corrected chi connectivity index (χ2v) is 5.61. The van der Waals surface area contributed by atoms with Crippen LogP contribution in [0.5, 0.6) is 0 Å². The van der Waals surface area contributed by atoms with Gasteiger partial charge in [0.05, 0.1) is 0 Å². The van der Waals surface area contributed by atoms with Crippen LogP contribution in [0.4, 0.5) is 0 Å². The van der Waals surface area contributed by atoms with E-state index in [9.17, 15) is 0 Å². The molecule has 0 aliphatic carbocycles. The normalized spacial score (nSPS) is 11.4. The molecule has 4 rings (SSSR count). The monoisotopic (exact) mass is 314 g/mol. The van der Waals surface area contributed by atoms with E-state index >= 15 is 0 Å². The van der Waals surface area contributed by atoms with Crippen LogP contribution in [0.2, 0.25) is 0 Å². The van der Waals surface area contributed by atoms with E-state index in [1.54, 1.807) is 0 Å². The fraction of sp³-hybridized carbons (Fsp3) is 0.0714. The standard InChI is InChI=1S/C14H10N4Se/c1-2-4-9(5-3-1)8-12-15-10-6-7-11-14(13(10)16-12)18-19-17-11/h1-7,17H,8H2. The molecule has 92 valence electrons. The van der Waals surface area contributed by atoms with Crippen LogP contribution in [0.25, 0.3) is 22.1 Å². The zero-order valence-corrected chi connectivity index (χ0v) is 11.7. The summed E-state index contributed by atoms with van der Waals surface area (Å²) in [6.45, 7) is 0. The number of nitrogens with one attached hydrogen (secondary N) is 1. The van der Waals surface area contributed by atoms with Gasteiger partial charge in [0, 0.05) is 0 Å². The first-order valence-electron chi connectivity index (χ1n) is 6.03. The maximum atomic E-state index is 4.64. The van der Waals surface area contributed by atoms with Crippen molar-refractivity contribution in [2.24, 2.45) is 0 Å². The molecule has 2 aromatic carbocycles. The van der Waals surface area contributed by atoms with Gasteiger partial charge in [0.2, 0.25) is 0 Å². The van der Waals surface area contributed by atoms with Crippen LogP contribution in [0, 0.1) is 0 Å². The van der Waals surface area contributed by atoms with Crippen molar-refractivity contribution in [2.75, 3.05) is 0 Å². The minimum absolute atomic E-state index is 0.106. The second kappa shape index (κ2) is 4.30. The molecule has 0 saturated heterocycles. The van der Waals surface area contributed by atoms with Gasteiger partial charge in [-0.05, 0) is 0 Å². The molecule has 0 fully saturated rings. The van der Waals surface area contributed by atoms with Gasteiger partial charge in [-0.25, -0.2) is 0 Å². The first-order chi connectivity index (χ1) is 9.40. The Morgan fingerprint density at radius 3 is 2.74 bits per heavy atom. The number of fused-ring (bicyclic) bond motifs is 3. The fourth-order valence-electron chi connectivity index (χ4n) is 2.21. The predicted octanol–water partition coefficient (Wildman–Crippen LogP) is 2.15. The van der Waals surface area contributed by atoms with E-state index in [1.165, 1.54) is 5.56 Å². The quantitative estimate of drug-likeness (QED) is 0.577. The Bertz CT molecular complexity index is 848. The summed E-state index contributed by atoms with van der Waals surface area (Å²) in [5.41, 5.74) is 5.15. The third kappa shape index (κ3) is 1.87. The number of imidazole rings is 1. The molecule has 0 saturated carbocycles. The first-order valence-corrected chi connectivity index (χ1v) is 7.66. The molecule has 0 aliphatic rings. The zero-order chi connectivity index (χ0) is 12.7. The second-order valence-electron chi connectivity index (χ2n) is 4.42. The molecule has 2 heterocycles. The van der Waals surface area contributed by atoms with Gasteiger partial charge in [-0.15, -0.1) is 0 Å². The van der Waals surface area contributed by atoms with Crippen LogP contribution in [0.3, 0.4) is 0 Å². The van der Waals surface area contributed by atoms with Gasteiger partial charge in [-0.3, -0.25) is 0 Å². The van der Waals surface area contributed by atoms with Crippen molar-refractivity contribution in [3.8, 4) is 0 Å². The molecule has 0 aliphatic heterocycles. The number of hydrogen-bond donors (Lipinski definition) is 1. The van der Waals surface area contributed by atoms with Crippen molar-refractivity contribution in [3.05, 3.63) is 53.9 Å². The Morgan fingerprint density at radius 1 is 0.947 bits per heavy atom. The van der Waals surface area contributed by atoms with E-state index in [-0.39, 0.29) is 15.0 Å². The van der Waals surface area contributed by atoms with Crippen molar-refractivity contribution in [1.29, 1.82) is 0 Å². The molecule has 0 radical (unpaired) electrons. The van der Waals surface area contributed by atoms with Crippen molar-refractivity contribution in [2.45, 2.75) is 6.42 Å². The average molecular weight is 313 g/mol. The summed E-state index contributed by atoms with van der Waals surface area (Å²) in [4.78, 5) is 9.24. The molecule has 5 heteroatoms. The summed E-state index contributed by atoms with van der Waals surface area (Å²) >= 11 is 0.106. The summed E-state index contributed by atoms with van der Waals surface area (Å²) in [5, 5.41) is 0. The fourth-order valence-corrected chi connectivity index (χ4v) is 3.44. The molecule has 0 spiro atoms. The molecule has 19 heavy (non-hydrogen) atoms. The molecule has 0 unspecified atom stereocenters. The Kier molecular flexibility index (Phi) is 2.47. The minimum atomic E-state index is 0.106. The Hall–Kier alpha value is -1.97. The van der Waals surface area contributed by atoms with Crippen LogP contribution in [0.15, 0.2) is 42.5 Å². The summed E-state index contributed by atoms with van der Waals surface area (Å²) < 4.78 is 7.78. The van der Waals surface area contributed by atoms with Crippen LogP contribution >= 0.6 is 0 Å². The number of aromatic amines is 1. The first kappa shape index (κ1) is 10.9. The van der Waals surface area contributed by atoms with Crippen LogP contribution in [-0.2, 0) is 6.42 Å². The number of nitrogens with zero attached hydrogens (tertiary/aromatic N) is 3. The van der Waals surface area contributed by atoms with E-state index in [0.29, 0.717) is 0 Å². The topological polar surface area (TPSA) is 54.5 Å². The number of aromatic nitrogens is 4. The predicted molar refractivity (Wildman–Crippen MR) is 75.4 cm³/mol. The Balaban J connectivity index is 1.83. The molecule has 0 bridgehead atoms. The number of H-pyrrole nitrogens is 1. The van der Waals surface area contributed by atoms with E-state index in [4.69, 9.17) is 0 Å². The molecular weight excluding hydrogens is 303 g/mol. The van der Waals surface area contributed by atoms with Crippen LogP contribution in [-0.4, -0.2) is 32.9 Å². The molecular formula is C14H10N4Se. The van der Waals surface area contributed by atoms with Crippen LogP contribution < -0.4 is 0 Å². The Morgan fingerprint density at radius 2 is 1.84 bits per heavy atom. The zero-order valence-electron chi connectivity index (χ0n) is 10.00. The van der Waals surface area contributed by atoms with Crippen LogP contribution in [0.1, 0.15) is 11.4 Å². The summed E-state index contributed by atoms with van der Waals surface area (Å²) in [6, 6.07) is 14.3. The molecule has 4 aromatic rings. The van der Waals surface area contributed by atoms with Gasteiger partial charge in [0.15, 0.2) is 0 Å². The molecule has 2 aromatic heterocycles. The summed E-state index contributed by atoms with van der Waals surface area (Å²) in [5.74, 6) is 0.865. The number of rotatable bonds is 2. The average Bonchev–Trinajstić information content (AvgIpc) is 3.04. The van der Waals surface area contributed by atoms with Crippen molar-refractivity contribution < 1.29 is 0 Å². The van der Waals surface area contributed by atoms with Crippen molar-refractivity contribution >= 4 is 37.0 Å². The molecule has 1 N–H and O–H groups in total. The van der Waals surface area contributed by atoms with Gasteiger partial charge < -0.3 is 0 Å². The third-order valence-corrected chi connectivity index (χ3v) is 4.35. The summed E-state index contributed by atoms with van der Waals surface area (Å²) in [7, 11) is 0. The van der Waals surface area contributed by atoms with Gasteiger partial charge in [0.25, 0.3) is 0 Å².